The van der Waals surface area contributed by atoms with Crippen molar-refractivity contribution in [2.24, 2.45) is 0 Å². The first kappa shape index (κ1) is 14.8. The van der Waals surface area contributed by atoms with Crippen LogP contribution in [-0.2, 0) is 0 Å². The summed E-state index contributed by atoms with van der Waals surface area (Å²) in [5, 5.41) is 12.1. The van der Waals surface area contributed by atoms with Crippen molar-refractivity contribution in [1.82, 2.24) is 9.88 Å². The van der Waals surface area contributed by atoms with E-state index in [1.165, 1.54) is 6.42 Å². The van der Waals surface area contributed by atoms with E-state index in [4.69, 9.17) is 5.11 Å². The second kappa shape index (κ2) is 7.24. The zero-order valence-electron chi connectivity index (χ0n) is 12.0. The van der Waals surface area contributed by atoms with Gasteiger partial charge in [-0.05, 0) is 44.7 Å². The molecule has 20 heavy (non-hydrogen) atoms. The fourth-order valence-electron chi connectivity index (χ4n) is 2.40. The number of hydrogen-bond acceptors (Lipinski definition) is 4. The van der Waals surface area contributed by atoms with Crippen molar-refractivity contribution in [3.05, 3.63) is 23.9 Å². The van der Waals surface area contributed by atoms with Crippen molar-refractivity contribution < 1.29 is 9.90 Å². The average Bonchev–Trinajstić information content (AvgIpc) is 2.41. The second-order valence-electron chi connectivity index (χ2n) is 5.12. The molecule has 0 radical (unpaired) electrons. The van der Waals surface area contributed by atoms with Gasteiger partial charge in [-0.25, -0.2) is 4.98 Å². The van der Waals surface area contributed by atoms with Crippen LogP contribution in [0, 0.1) is 0 Å². The first-order valence-electron chi connectivity index (χ1n) is 7.38. The van der Waals surface area contributed by atoms with Crippen LogP contribution in [0.4, 0.5) is 5.82 Å². The molecule has 1 heterocycles. The summed E-state index contributed by atoms with van der Waals surface area (Å²) in [5.41, 5.74) is 0.667. The Morgan fingerprint density at radius 2 is 2.35 bits per heavy atom. The Morgan fingerprint density at radius 3 is 2.95 bits per heavy atom. The van der Waals surface area contributed by atoms with Gasteiger partial charge in [0.15, 0.2) is 0 Å². The van der Waals surface area contributed by atoms with Crippen molar-refractivity contribution in [3.8, 4) is 0 Å². The van der Waals surface area contributed by atoms with Crippen LogP contribution >= 0.6 is 0 Å². The molecule has 1 aliphatic rings. The largest absolute Gasteiger partial charge is 0.396 e. The number of nitrogens with one attached hydrogen (secondary N) is 1. The molecular weight excluding hydrogens is 254 g/mol. The number of nitrogens with zero attached hydrogens (tertiary/aromatic N) is 2. The molecule has 0 atom stereocenters. The third-order valence-corrected chi connectivity index (χ3v) is 3.70. The van der Waals surface area contributed by atoms with Crippen molar-refractivity contribution in [3.63, 3.8) is 0 Å². The van der Waals surface area contributed by atoms with Crippen molar-refractivity contribution in [1.29, 1.82) is 0 Å². The molecule has 5 heteroatoms. The zero-order chi connectivity index (χ0) is 14.4. The third-order valence-electron chi connectivity index (χ3n) is 3.70. The van der Waals surface area contributed by atoms with Gasteiger partial charge in [-0.2, -0.15) is 0 Å². The molecule has 0 saturated heterocycles. The molecule has 1 aromatic rings. The lowest BCUT2D eigenvalue weighted by Gasteiger charge is -2.37. The van der Waals surface area contributed by atoms with Gasteiger partial charge in [-0.3, -0.25) is 4.79 Å². The van der Waals surface area contributed by atoms with E-state index in [9.17, 15) is 4.79 Å². The zero-order valence-corrected chi connectivity index (χ0v) is 12.0. The van der Waals surface area contributed by atoms with E-state index in [2.05, 4.69) is 10.3 Å². The number of amides is 1. The molecule has 2 N–H and O–H groups in total. The first-order valence-corrected chi connectivity index (χ1v) is 7.38. The van der Waals surface area contributed by atoms with Crippen molar-refractivity contribution in [2.45, 2.75) is 38.6 Å². The minimum absolute atomic E-state index is 0.0460. The van der Waals surface area contributed by atoms with Crippen LogP contribution in [0.1, 0.15) is 43.0 Å². The molecular formula is C15H23N3O2. The molecule has 0 unspecified atom stereocenters. The summed E-state index contributed by atoms with van der Waals surface area (Å²) in [6.45, 7) is 3.52. The number of rotatable bonds is 7. The van der Waals surface area contributed by atoms with Crippen LogP contribution in [-0.4, -0.2) is 46.6 Å². The highest BCUT2D eigenvalue weighted by Gasteiger charge is 2.29. The Morgan fingerprint density at radius 1 is 1.55 bits per heavy atom. The van der Waals surface area contributed by atoms with Gasteiger partial charge in [0.2, 0.25) is 0 Å². The summed E-state index contributed by atoms with van der Waals surface area (Å²) in [4.78, 5) is 18.7. The van der Waals surface area contributed by atoms with Crippen LogP contribution in [0.2, 0.25) is 0 Å². The topological polar surface area (TPSA) is 65.5 Å². The number of carbonyl (C=O) groups is 1. The molecule has 110 valence electrons. The van der Waals surface area contributed by atoms with E-state index < -0.39 is 0 Å². The maximum absolute atomic E-state index is 12.6. The van der Waals surface area contributed by atoms with E-state index in [1.54, 1.807) is 18.3 Å². The monoisotopic (exact) mass is 277 g/mol. The number of carbonyl (C=O) groups excluding carboxylic acids is 1. The van der Waals surface area contributed by atoms with Gasteiger partial charge in [0.25, 0.3) is 5.91 Å². The maximum Gasteiger partial charge on any atom is 0.254 e. The smallest absolute Gasteiger partial charge is 0.254 e. The van der Waals surface area contributed by atoms with E-state index >= 15 is 0 Å². The minimum Gasteiger partial charge on any atom is -0.396 e. The Balaban J connectivity index is 2.11. The molecule has 0 aromatic carbocycles. The summed E-state index contributed by atoms with van der Waals surface area (Å²) in [6.07, 6.45) is 5.63. The number of aromatic nitrogens is 1. The summed E-state index contributed by atoms with van der Waals surface area (Å²) in [6, 6.07) is 3.90. The fraction of sp³-hybridized carbons (Fsp3) is 0.600. The lowest BCUT2D eigenvalue weighted by atomic mass is 9.91. The van der Waals surface area contributed by atoms with Crippen molar-refractivity contribution >= 4 is 11.7 Å². The van der Waals surface area contributed by atoms with E-state index in [1.807, 2.05) is 11.8 Å². The lowest BCUT2D eigenvalue weighted by Crippen LogP contribution is -2.45. The number of aliphatic hydroxyl groups excluding tert-OH is 1. The normalized spacial score (nSPS) is 14.7. The van der Waals surface area contributed by atoms with Crippen LogP contribution in [0.15, 0.2) is 18.3 Å². The summed E-state index contributed by atoms with van der Waals surface area (Å²) < 4.78 is 0. The van der Waals surface area contributed by atoms with Gasteiger partial charge in [0.1, 0.15) is 5.82 Å². The van der Waals surface area contributed by atoms with Crippen LogP contribution < -0.4 is 5.32 Å². The highest BCUT2D eigenvalue weighted by molar-refractivity contribution is 5.95. The summed E-state index contributed by atoms with van der Waals surface area (Å²) >= 11 is 0. The molecule has 1 fully saturated rings. The van der Waals surface area contributed by atoms with E-state index in [0.717, 1.165) is 25.2 Å². The minimum atomic E-state index is 0.0460. The second-order valence-corrected chi connectivity index (χ2v) is 5.12. The predicted molar refractivity (Wildman–Crippen MR) is 78.8 cm³/mol. The van der Waals surface area contributed by atoms with E-state index in [0.29, 0.717) is 24.6 Å². The first-order chi connectivity index (χ1) is 9.76. The van der Waals surface area contributed by atoms with Gasteiger partial charge in [-0.1, -0.05) is 0 Å². The lowest BCUT2D eigenvalue weighted by molar-refractivity contribution is 0.0562. The van der Waals surface area contributed by atoms with Crippen LogP contribution in [0.25, 0.3) is 0 Å². The third kappa shape index (κ3) is 3.48. The van der Waals surface area contributed by atoms with Gasteiger partial charge in [-0.15, -0.1) is 0 Å². The molecule has 1 saturated carbocycles. The van der Waals surface area contributed by atoms with Gasteiger partial charge in [0.05, 0.1) is 0 Å². The molecule has 2 rings (SSSR count). The quantitative estimate of drug-likeness (QED) is 0.799. The molecule has 1 amide bonds. The molecule has 5 nitrogen and oxygen atoms in total. The number of pyridine rings is 1. The fourth-order valence-corrected chi connectivity index (χ4v) is 2.40. The molecule has 1 aromatic heterocycles. The van der Waals surface area contributed by atoms with Gasteiger partial charge in [0, 0.05) is 37.5 Å². The molecule has 0 spiro atoms. The predicted octanol–water partition coefficient (Wildman–Crippen LogP) is 1.89. The van der Waals surface area contributed by atoms with Crippen molar-refractivity contribution in [2.75, 3.05) is 25.0 Å². The molecule has 0 aliphatic heterocycles. The standard InChI is InChI=1S/C15H23N3O2/c1-2-16-14-11-12(7-8-17-14)15(20)18(9-4-10-19)13-5-3-6-13/h7-8,11,13,19H,2-6,9-10H2,1H3,(H,16,17). The highest BCUT2D eigenvalue weighted by atomic mass is 16.3. The Bertz CT molecular complexity index is 446. The summed E-state index contributed by atoms with van der Waals surface area (Å²) in [5.74, 6) is 0.777. The average molecular weight is 277 g/mol. The number of aliphatic hydroxyl groups is 1. The molecule has 0 bridgehead atoms. The Labute approximate surface area is 120 Å². The van der Waals surface area contributed by atoms with Crippen LogP contribution in [0.3, 0.4) is 0 Å². The number of hydrogen-bond donors (Lipinski definition) is 2. The number of anilines is 1. The highest BCUT2D eigenvalue weighted by Crippen LogP contribution is 2.26. The van der Waals surface area contributed by atoms with Gasteiger partial charge < -0.3 is 15.3 Å². The van der Waals surface area contributed by atoms with Gasteiger partial charge >= 0.3 is 0 Å². The molecule has 1 aliphatic carbocycles. The Hall–Kier alpha value is -1.62. The maximum atomic E-state index is 12.6. The Kier molecular flexibility index (Phi) is 5.35. The SMILES string of the molecule is CCNc1cc(C(=O)N(CCCO)C2CCC2)ccn1. The van der Waals surface area contributed by atoms with Crippen LogP contribution in [0.5, 0.6) is 0 Å². The van der Waals surface area contributed by atoms with E-state index in [-0.39, 0.29) is 12.5 Å². The summed E-state index contributed by atoms with van der Waals surface area (Å²) in [7, 11) is 0.